The first-order valence-electron chi connectivity index (χ1n) is 6.66. The first-order chi connectivity index (χ1) is 9.35. The molecule has 0 spiro atoms. The van der Waals surface area contributed by atoms with Crippen LogP contribution in [0, 0.1) is 5.92 Å². The number of nitrogens with zero attached hydrogens (tertiary/aromatic N) is 1. The van der Waals surface area contributed by atoms with Gasteiger partial charge in [-0.1, -0.05) is 24.3 Å². The lowest BCUT2D eigenvalue weighted by Gasteiger charge is -2.03. The average molecular weight is 274 g/mol. The molecule has 1 aromatic heterocycles. The number of aromatic nitrogens is 1. The number of benzene rings is 1. The zero-order valence-electron chi connectivity index (χ0n) is 10.8. The van der Waals surface area contributed by atoms with Crippen LogP contribution in [0.4, 0.5) is 0 Å². The maximum atomic E-state index is 5.61. The minimum Gasteiger partial charge on any atom is -0.381 e. The first-order valence-corrected chi connectivity index (χ1v) is 7.54. The fourth-order valence-electron chi connectivity index (χ4n) is 2.34. The van der Waals surface area contributed by atoms with Gasteiger partial charge < -0.3 is 10.5 Å². The van der Waals surface area contributed by atoms with Gasteiger partial charge in [-0.15, -0.1) is 11.3 Å². The number of thiazole rings is 1. The number of rotatable bonds is 4. The Balaban J connectivity index is 1.72. The van der Waals surface area contributed by atoms with Crippen molar-refractivity contribution in [3.05, 3.63) is 40.2 Å². The van der Waals surface area contributed by atoms with E-state index >= 15 is 0 Å². The van der Waals surface area contributed by atoms with Gasteiger partial charge in [0.1, 0.15) is 0 Å². The van der Waals surface area contributed by atoms with E-state index in [0.29, 0.717) is 12.5 Å². The van der Waals surface area contributed by atoms with Crippen molar-refractivity contribution in [2.75, 3.05) is 13.2 Å². The monoisotopic (exact) mass is 274 g/mol. The maximum absolute atomic E-state index is 5.61. The molecule has 3 rings (SSSR count). The molecule has 1 unspecified atom stereocenters. The van der Waals surface area contributed by atoms with E-state index in [1.54, 1.807) is 11.3 Å². The highest BCUT2D eigenvalue weighted by molar-refractivity contribution is 7.09. The average Bonchev–Trinajstić information content (AvgIpc) is 3.11. The van der Waals surface area contributed by atoms with E-state index in [1.165, 1.54) is 17.0 Å². The Labute approximate surface area is 117 Å². The lowest BCUT2D eigenvalue weighted by atomic mass is 10.1. The van der Waals surface area contributed by atoms with E-state index < -0.39 is 0 Å². The Hall–Kier alpha value is -1.23. The van der Waals surface area contributed by atoms with Crippen LogP contribution >= 0.6 is 11.3 Å². The molecule has 0 bridgehead atoms. The Morgan fingerprint density at radius 1 is 1.32 bits per heavy atom. The lowest BCUT2D eigenvalue weighted by molar-refractivity contribution is 0.186. The van der Waals surface area contributed by atoms with Crippen LogP contribution in [0.3, 0.4) is 0 Å². The zero-order valence-corrected chi connectivity index (χ0v) is 11.7. The summed E-state index contributed by atoms with van der Waals surface area (Å²) in [5.74, 6) is 0.651. The molecule has 1 atom stereocenters. The molecule has 19 heavy (non-hydrogen) atoms. The van der Waals surface area contributed by atoms with Crippen LogP contribution in [0.1, 0.15) is 17.0 Å². The van der Waals surface area contributed by atoms with Crippen molar-refractivity contribution in [1.29, 1.82) is 0 Å². The smallest absolute Gasteiger partial charge is 0.0936 e. The van der Waals surface area contributed by atoms with E-state index in [4.69, 9.17) is 15.5 Å². The largest absolute Gasteiger partial charge is 0.381 e. The highest BCUT2D eigenvalue weighted by Crippen LogP contribution is 2.25. The molecule has 0 saturated carbocycles. The summed E-state index contributed by atoms with van der Waals surface area (Å²) >= 11 is 1.75. The molecular formula is C15H18N2OS. The summed E-state index contributed by atoms with van der Waals surface area (Å²) < 4.78 is 5.41. The van der Waals surface area contributed by atoms with Crippen molar-refractivity contribution in [3.8, 4) is 11.3 Å². The third kappa shape index (κ3) is 3.03. The summed E-state index contributed by atoms with van der Waals surface area (Å²) in [6.07, 6.45) is 2.21. The van der Waals surface area contributed by atoms with Crippen LogP contribution in [0.25, 0.3) is 11.3 Å². The van der Waals surface area contributed by atoms with Crippen molar-refractivity contribution in [1.82, 2.24) is 4.98 Å². The molecule has 2 heterocycles. The number of nitrogens with two attached hydrogens (primary N) is 1. The molecule has 1 aliphatic rings. The summed E-state index contributed by atoms with van der Waals surface area (Å²) in [4.78, 5) is 4.73. The molecule has 0 radical (unpaired) electrons. The molecule has 0 aliphatic carbocycles. The van der Waals surface area contributed by atoms with Crippen LogP contribution in [0.2, 0.25) is 0 Å². The van der Waals surface area contributed by atoms with Crippen molar-refractivity contribution >= 4 is 11.3 Å². The molecule has 1 aliphatic heterocycles. The molecule has 0 amide bonds. The number of hydrogen-bond donors (Lipinski definition) is 1. The summed E-state index contributed by atoms with van der Waals surface area (Å²) in [6, 6.07) is 8.33. The Morgan fingerprint density at radius 3 is 2.84 bits per heavy atom. The molecular weight excluding hydrogens is 256 g/mol. The van der Waals surface area contributed by atoms with Gasteiger partial charge in [-0.2, -0.15) is 0 Å². The normalized spacial score (nSPS) is 18.9. The minimum atomic E-state index is 0.588. The second-order valence-corrected chi connectivity index (χ2v) is 5.90. The van der Waals surface area contributed by atoms with E-state index in [1.807, 2.05) is 0 Å². The predicted octanol–water partition coefficient (Wildman–Crippen LogP) is 2.85. The van der Waals surface area contributed by atoms with Gasteiger partial charge in [-0.25, -0.2) is 4.98 Å². The Bertz CT molecular complexity index is 529. The molecule has 100 valence electrons. The van der Waals surface area contributed by atoms with Gasteiger partial charge >= 0.3 is 0 Å². The van der Waals surface area contributed by atoms with Gasteiger partial charge in [-0.3, -0.25) is 0 Å². The molecule has 3 nitrogen and oxygen atoms in total. The standard InChI is InChI=1S/C15H18N2OS/c16-8-11-1-3-13(4-2-11)14-10-19-15(17-14)7-12-5-6-18-9-12/h1-4,10,12H,5-9,16H2. The van der Waals surface area contributed by atoms with E-state index in [9.17, 15) is 0 Å². The Kier molecular flexibility index (Phi) is 3.92. The SMILES string of the molecule is NCc1ccc(-c2csc(CC3CCOC3)n2)cc1. The molecule has 1 saturated heterocycles. The van der Waals surface area contributed by atoms with E-state index in [0.717, 1.165) is 30.9 Å². The molecule has 1 fully saturated rings. The van der Waals surface area contributed by atoms with Crippen LogP contribution in [0.5, 0.6) is 0 Å². The van der Waals surface area contributed by atoms with Crippen molar-refractivity contribution in [3.63, 3.8) is 0 Å². The van der Waals surface area contributed by atoms with Gasteiger partial charge in [0.2, 0.25) is 0 Å². The third-order valence-corrected chi connectivity index (χ3v) is 4.40. The van der Waals surface area contributed by atoms with Gasteiger partial charge in [0.15, 0.2) is 0 Å². The second-order valence-electron chi connectivity index (χ2n) is 4.96. The summed E-state index contributed by atoms with van der Waals surface area (Å²) in [5.41, 5.74) is 9.00. The number of ether oxygens (including phenoxy) is 1. The fraction of sp³-hybridized carbons (Fsp3) is 0.400. The van der Waals surface area contributed by atoms with Gasteiger partial charge in [-0.05, 0) is 17.9 Å². The van der Waals surface area contributed by atoms with Gasteiger partial charge in [0, 0.05) is 37.1 Å². The Morgan fingerprint density at radius 2 is 2.16 bits per heavy atom. The summed E-state index contributed by atoms with van der Waals surface area (Å²) in [5, 5.41) is 3.36. The van der Waals surface area contributed by atoms with Crippen LogP contribution in [-0.2, 0) is 17.7 Å². The van der Waals surface area contributed by atoms with Crippen molar-refractivity contribution in [2.24, 2.45) is 11.7 Å². The van der Waals surface area contributed by atoms with Crippen molar-refractivity contribution < 1.29 is 4.74 Å². The summed E-state index contributed by atoms with van der Waals surface area (Å²) in [6.45, 7) is 2.38. The van der Waals surface area contributed by atoms with E-state index in [-0.39, 0.29) is 0 Å². The minimum absolute atomic E-state index is 0.588. The van der Waals surface area contributed by atoms with Gasteiger partial charge in [0.05, 0.1) is 10.7 Å². The van der Waals surface area contributed by atoms with Crippen LogP contribution in [-0.4, -0.2) is 18.2 Å². The fourth-order valence-corrected chi connectivity index (χ4v) is 3.26. The molecule has 2 aromatic rings. The van der Waals surface area contributed by atoms with Crippen LogP contribution in [0.15, 0.2) is 29.6 Å². The second kappa shape index (κ2) is 5.82. The van der Waals surface area contributed by atoms with Crippen LogP contribution < -0.4 is 5.73 Å². The van der Waals surface area contributed by atoms with Crippen molar-refractivity contribution in [2.45, 2.75) is 19.4 Å². The summed E-state index contributed by atoms with van der Waals surface area (Å²) in [7, 11) is 0. The molecule has 1 aromatic carbocycles. The van der Waals surface area contributed by atoms with E-state index in [2.05, 4.69) is 29.6 Å². The molecule has 4 heteroatoms. The predicted molar refractivity (Wildman–Crippen MR) is 78.1 cm³/mol. The maximum Gasteiger partial charge on any atom is 0.0936 e. The molecule has 2 N–H and O–H groups in total. The van der Waals surface area contributed by atoms with Gasteiger partial charge in [0.25, 0.3) is 0 Å². The first kappa shape index (κ1) is 12.8. The quantitative estimate of drug-likeness (QED) is 0.932. The third-order valence-electron chi connectivity index (χ3n) is 3.52. The lowest BCUT2D eigenvalue weighted by Crippen LogP contribution is -2.03. The zero-order chi connectivity index (χ0) is 13.1. The highest BCUT2D eigenvalue weighted by atomic mass is 32.1. The topological polar surface area (TPSA) is 48.1 Å². The number of hydrogen-bond acceptors (Lipinski definition) is 4. The highest BCUT2D eigenvalue weighted by Gasteiger charge is 2.17.